The molecule has 0 fully saturated rings. The van der Waals surface area contributed by atoms with Crippen LogP contribution in [0, 0.1) is 20.8 Å². The molecule has 0 aliphatic carbocycles. The molecule has 3 rings (SSSR count). The lowest BCUT2D eigenvalue weighted by Crippen LogP contribution is -2.05. The molecule has 0 atom stereocenters. The summed E-state index contributed by atoms with van der Waals surface area (Å²) in [6, 6.07) is 14.5. The van der Waals surface area contributed by atoms with E-state index in [0.29, 0.717) is 6.54 Å². The van der Waals surface area contributed by atoms with Crippen molar-refractivity contribution in [2.75, 3.05) is 0 Å². The molecule has 4 heteroatoms. The fourth-order valence-electron chi connectivity index (χ4n) is 2.69. The first-order chi connectivity index (χ1) is 10.6. The van der Waals surface area contributed by atoms with E-state index < -0.39 is 0 Å². The highest BCUT2D eigenvalue weighted by molar-refractivity contribution is 5.68. The predicted molar refractivity (Wildman–Crippen MR) is 88.9 cm³/mol. The molecule has 0 bridgehead atoms. The molecule has 0 amide bonds. The fraction of sp³-hybridized carbons (Fsp3) is 0.222. The van der Waals surface area contributed by atoms with Gasteiger partial charge in [-0.3, -0.25) is 0 Å². The van der Waals surface area contributed by atoms with Crippen LogP contribution < -0.4 is 5.73 Å². The van der Waals surface area contributed by atoms with E-state index in [1.807, 2.05) is 22.9 Å². The van der Waals surface area contributed by atoms with Crippen LogP contribution in [0.25, 0.3) is 16.9 Å². The third kappa shape index (κ3) is 2.31. The van der Waals surface area contributed by atoms with Crippen LogP contribution in [0.3, 0.4) is 0 Å². The molecule has 0 aliphatic heterocycles. The molecule has 2 aromatic carbocycles. The Morgan fingerprint density at radius 2 is 1.68 bits per heavy atom. The molecule has 112 valence electrons. The van der Waals surface area contributed by atoms with Crippen LogP contribution in [-0.2, 0) is 6.54 Å². The Labute approximate surface area is 130 Å². The zero-order valence-electron chi connectivity index (χ0n) is 13.2. The summed E-state index contributed by atoms with van der Waals surface area (Å²) in [7, 11) is 0. The first kappa shape index (κ1) is 14.5. The zero-order valence-corrected chi connectivity index (χ0v) is 13.2. The first-order valence-electron chi connectivity index (χ1n) is 7.40. The molecule has 2 N–H and O–H groups in total. The van der Waals surface area contributed by atoms with Crippen molar-refractivity contribution >= 4 is 0 Å². The van der Waals surface area contributed by atoms with E-state index in [-0.39, 0.29) is 0 Å². The van der Waals surface area contributed by atoms with Gasteiger partial charge in [0.1, 0.15) is 5.69 Å². The average Bonchev–Trinajstić information content (AvgIpc) is 2.94. The zero-order chi connectivity index (χ0) is 15.7. The van der Waals surface area contributed by atoms with E-state index >= 15 is 0 Å². The van der Waals surface area contributed by atoms with Gasteiger partial charge in [-0.05, 0) is 43.5 Å². The summed E-state index contributed by atoms with van der Waals surface area (Å²) in [6.07, 6.45) is 0. The Balaban J connectivity index is 2.29. The highest BCUT2D eigenvalue weighted by atomic mass is 15.4. The van der Waals surface area contributed by atoms with Crippen molar-refractivity contribution < 1.29 is 0 Å². The van der Waals surface area contributed by atoms with Crippen LogP contribution in [0.15, 0.2) is 42.5 Å². The summed E-state index contributed by atoms with van der Waals surface area (Å²) < 4.78 is 1.91. The third-order valence-corrected chi connectivity index (χ3v) is 4.14. The standard InChI is InChI=1S/C18H20N4/c1-12-8-6-10-17(14(12)3)22-18(16(11-19)20-21-22)15-9-5-4-7-13(15)2/h4-10H,11,19H2,1-3H3. The van der Waals surface area contributed by atoms with Gasteiger partial charge in [0.05, 0.1) is 11.4 Å². The molecule has 0 spiro atoms. The molecular weight excluding hydrogens is 272 g/mol. The number of aryl methyl sites for hydroxylation is 2. The van der Waals surface area contributed by atoms with Crippen molar-refractivity contribution in [3.63, 3.8) is 0 Å². The minimum atomic E-state index is 0.370. The Morgan fingerprint density at radius 1 is 0.955 bits per heavy atom. The first-order valence-corrected chi connectivity index (χ1v) is 7.40. The number of benzene rings is 2. The lowest BCUT2D eigenvalue weighted by Gasteiger charge is -2.13. The summed E-state index contributed by atoms with van der Waals surface area (Å²) in [5.41, 5.74) is 13.5. The monoisotopic (exact) mass is 292 g/mol. The molecule has 0 saturated heterocycles. The highest BCUT2D eigenvalue weighted by Gasteiger charge is 2.18. The minimum Gasteiger partial charge on any atom is -0.325 e. The van der Waals surface area contributed by atoms with Crippen molar-refractivity contribution in [2.45, 2.75) is 27.3 Å². The van der Waals surface area contributed by atoms with E-state index in [2.05, 4.69) is 55.3 Å². The molecule has 1 aromatic heterocycles. The smallest absolute Gasteiger partial charge is 0.105 e. The van der Waals surface area contributed by atoms with Crippen LogP contribution in [0.5, 0.6) is 0 Å². The summed E-state index contributed by atoms with van der Waals surface area (Å²) in [6.45, 7) is 6.67. The second-order valence-corrected chi connectivity index (χ2v) is 5.53. The highest BCUT2D eigenvalue weighted by Crippen LogP contribution is 2.29. The maximum atomic E-state index is 5.88. The lowest BCUT2D eigenvalue weighted by atomic mass is 10.0. The van der Waals surface area contributed by atoms with Crippen LogP contribution >= 0.6 is 0 Å². The number of hydrogen-bond acceptors (Lipinski definition) is 3. The molecule has 22 heavy (non-hydrogen) atoms. The summed E-state index contributed by atoms with van der Waals surface area (Å²) >= 11 is 0. The number of rotatable bonds is 3. The summed E-state index contributed by atoms with van der Waals surface area (Å²) in [4.78, 5) is 0. The number of nitrogens with two attached hydrogens (primary N) is 1. The maximum Gasteiger partial charge on any atom is 0.105 e. The molecule has 0 unspecified atom stereocenters. The summed E-state index contributed by atoms with van der Waals surface area (Å²) in [5.74, 6) is 0. The van der Waals surface area contributed by atoms with Crippen LogP contribution in [0.4, 0.5) is 0 Å². The average molecular weight is 292 g/mol. The predicted octanol–water partition coefficient (Wildman–Crippen LogP) is 3.32. The van der Waals surface area contributed by atoms with Crippen molar-refractivity contribution in [1.82, 2.24) is 15.0 Å². The normalized spacial score (nSPS) is 10.9. The van der Waals surface area contributed by atoms with Crippen molar-refractivity contribution in [1.29, 1.82) is 0 Å². The van der Waals surface area contributed by atoms with Gasteiger partial charge in [-0.25, -0.2) is 4.68 Å². The van der Waals surface area contributed by atoms with E-state index in [1.54, 1.807) is 0 Å². The SMILES string of the molecule is Cc1ccccc1-c1c(CN)nnn1-c1cccc(C)c1C. The molecule has 0 saturated carbocycles. The van der Waals surface area contributed by atoms with E-state index in [0.717, 1.165) is 22.6 Å². The molecule has 0 radical (unpaired) electrons. The Bertz CT molecular complexity index is 818. The van der Waals surface area contributed by atoms with Gasteiger partial charge in [0, 0.05) is 12.1 Å². The molecule has 3 aromatic rings. The number of aromatic nitrogens is 3. The van der Waals surface area contributed by atoms with Gasteiger partial charge >= 0.3 is 0 Å². The summed E-state index contributed by atoms with van der Waals surface area (Å²) in [5, 5.41) is 8.65. The minimum absolute atomic E-state index is 0.370. The van der Waals surface area contributed by atoms with E-state index in [4.69, 9.17) is 5.73 Å². The second kappa shape index (κ2) is 5.73. The van der Waals surface area contributed by atoms with Crippen LogP contribution in [0.2, 0.25) is 0 Å². The van der Waals surface area contributed by atoms with Crippen molar-refractivity contribution in [2.24, 2.45) is 5.73 Å². The van der Waals surface area contributed by atoms with Gasteiger partial charge < -0.3 is 5.73 Å². The van der Waals surface area contributed by atoms with Gasteiger partial charge in [0.2, 0.25) is 0 Å². The molecule has 1 heterocycles. The molecule has 0 aliphatic rings. The fourth-order valence-corrected chi connectivity index (χ4v) is 2.69. The van der Waals surface area contributed by atoms with E-state index in [1.165, 1.54) is 16.7 Å². The van der Waals surface area contributed by atoms with Crippen LogP contribution in [-0.4, -0.2) is 15.0 Å². The van der Waals surface area contributed by atoms with Crippen LogP contribution in [0.1, 0.15) is 22.4 Å². The molecule has 4 nitrogen and oxygen atoms in total. The quantitative estimate of drug-likeness (QED) is 0.805. The van der Waals surface area contributed by atoms with Gasteiger partial charge in [-0.15, -0.1) is 5.10 Å². The van der Waals surface area contributed by atoms with Gasteiger partial charge in [-0.2, -0.15) is 0 Å². The third-order valence-electron chi connectivity index (χ3n) is 4.14. The van der Waals surface area contributed by atoms with E-state index in [9.17, 15) is 0 Å². The topological polar surface area (TPSA) is 56.7 Å². The number of hydrogen-bond donors (Lipinski definition) is 1. The van der Waals surface area contributed by atoms with Crippen molar-refractivity contribution in [3.05, 3.63) is 64.8 Å². The lowest BCUT2D eigenvalue weighted by molar-refractivity contribution is 0.794. The van der Waals surface area contributed by atoms with Gasteiger partial charge in [0.15, 0.2) is 0 Å². The maximum absolute atomic E-state index is 5.88. The molecular formula is C18H20N4. The Kier molecular flexibility index (Phi) is 3.77. The Morgan fingerprint density at radius 3 is 2.41 bits per heavy atom. The largest absolute Gasteiger partial charge is 0.325 e. The van der Waals surface area contributed by atoms with Gasteiger partial charge in [0.25, 0.3) is 0 Å². The van der Waals surface area contributed by atoms with Crippen molar-refractivity contribution in [3.8, 4) is 16.9 Å². The number of nitrogens with zero attached hydrogens (tertiary/aromatic N) is 3. The van der Waals surface area contributed by atoms with Gasteiger partial charge in [-0.1, -0.05) is 41.6 Å². The second-order valence-electron chi connectivity index (χ2n) is 5.53. The Hall–Kier alpha value is -2.46.